The molecule has 0 saturated heterocycles. The SMILES string of the molecule is CC(N)CC(C)S(=O)c1ccc([N+](=O)[O-])cc1. The van der Waals surface area contributed by atoms with E-state index in [2.05, 4.69) is 0 Å². The first-order valence-corrected chi connectivity index (χ1v) is 6.53. The van der Waals surface area contributed by atoms with Crippen LogP contribution in [-0.2, 0) is 10.8 Å². The zero-order valence-electron chi connectivity index (χ0n) is 9.83. The normalized spacial score (nSPS) is 16.2. The van der Waals surface area contributed by atoms with Crippen LogP contribution in [0.3, 0.4) is 0 Å². The van der Waals surface area contributed by atoms with E-state index >= 15 is 0 Å². The van der Waals surface area contributed by atoms with Crippen molar-refractivity contribution in [2.75, 3.05) is 0 Å². The largest absolute Gasteiger partial charge is 0.328 e. The molecule has 0 bridgehead atoms. The Morgan fingerprint density at radius 2 is 1.88 bits per heavy atom. The van der Waals surface area contributed by atoms with E-state index < -0.39 is 15.7 Å². The number of hydrogen-bond acceptors (Lipinski definition) is 4. The monoisotopic (exact) mass is 256 g/mol. The molecular formula is C11H16N2O3S. The van der Waals surface area contributed by atoms with Gasteiger partial charge in [-0.3, -0.25) is 14.3 Å². The number of non-ortho nitro benzene ring substituents is 1. The van der Waals surface area contributed by atoms with E-state index in [-0.39, 0.29) is 17.0 Å². The fraction of sp³-hybridized carbons (Fsp3) is 0.455. The van der Waals surface area contributed by atoms with Gasteiger partial charge in [-0.15, -0.1) is 0 Å². The number of nitrogens with zero attached hydrogens (tertiary/aromatic N) is 1. The van der Waals surface area contributed by atoms with E-state index in [0.29, 0.717) is 11.3 Å². The molecule has 1 aromatic rings. The lowest BCUT2D eigenvalue weighted by molar-refractivity contribution is -0.384. The molecule has 3 atom stereocenters. The van der Waals surface area contributed by atoms with Crippen molar-refractivity contribution in [2.45, 2.75) is 36.5 Å². The van der Waals surface area contributed by atoms with Crippen molar-refractivity contribution >= 4 is 16.5 Å². The second-order valence-electron chi connectivity index (χ2n) is 4.07. The molecule has 0 saturated carbocycles. The summed E-state index contributed by atoms with van der Waals surface area (Å²) in [5, 5.41) is 10.4. The predicted molar refractivity (Wildman–Crippen MR) is 67.2 cm³/mol. The molecule has 0 amide bonds. The third kappa shape index (κ3) is 3.90. The first kappa shape index (κ1) is 13.8. The summed E-state index contributed by atoms with van der Waals surface area (Å²) in [4.78, 5) is 10.6. The molecule has 0 spiro atoms. The lowest BCUT2D eigenvalue weighted by atomic mass is 10.2. The van der Waals surface area contributed by atoms with Gasteiger partial charge in [-0.25, -0.2) is 0 Å². The lowest BCUT2D eigenvalue weighted by Gasteiger charge is -2.13. The fourth-order valence-electron chi connectivity index (χ4n) is 1.55. The van der Waals surface area contributed by atoms with Crippen molar-refractivity contribution in [1.29, 1.82) is 0 Å². The fourth-order valence-corrected chi connectivity index (χ4v) is 2.89. The van der Waals surface area contributed by atoms with Crippen LogP contribution in [0.25, 0.3) is 0 Å². The Balaban J connectivity index is 2.79. The van der Waals surface area contributed by atoms with Crippen LogP contribution in [0.1, 0.15) is 20.3 Å². The Morgan fingerprint density at radius 3 is 2.29 bits per heavy atom. The minimum absolute atomic E-state index is 0.00518. The molecule has 2 N–H and O–H groups in total. The topological polar surface area (TPSA) is 86.2 Å². The average Bonchev–Trinajstić information content (AvgIpc) is 2.27. The van der Waals surface area contributed by atoms with Crippen LogP contribution >= 0.6 is 0 Å². The highest BCUT2D eigenvalue weighted by molar-refractivity contribution is 7.85. The molecule has 0 fully saturated rings. The summed E-state index contributed by atoms with van der Waals surface area (Å²) < 4.78 is 12.0. The smallest absolute Gasteiger partial charge is 0.269 e. The highest BCUT2D eigenvalue weighted by Crippen LogP contribution is 2.18. The van der Waals surface area contributed by atoms with Crippen LogP contribution in [-0.4, -0.2) is 20.4 Å². The van der Waals surface area contributed by atoms with Crippen LogP contribution in [0, 0.1) is 10.1 Å². The highest BCUT2D eigenvalue weighted by Gasteiger charge is 2.16. The molecule has 5 nitrogen and oxygen atoms in total. The van der Waals surface area contributed by atoms with Gasteiger partial charge < -0.3 is 5.73 Å². The minimum atomic E-state index is -1.17. The Morgan fingerprint density at radius 1 is 1.35 bits per heavy atom. The molecule has 6 heteroatoms. The van der Waals surface area contributed by atoms with Crippen molar-refractivity contribution in [3.8, 4) is 0 Å². The van der Waals surface area contributed by atoms with Gasteiger partial charge in [0.15, 0.2) is 0 Å². The Bertz CT molecular complexity index is 417. The van der Waals surface area contributed by atoms with Gasteiger partial charge in [-0.05, 0) is 25.5 Å². The maximum atomic E-state index is 12.0. The van der Waals surface area contributed by atoms with Gasteiger partial charge in [0.25, 0.3) is 5.69 Å². The van der Waals surface area contributed by atoms with Crippen molar-refractivity contribution in [2.24, 2.45) is 5.73 Å². The van der Waals surface area contributed by atoms with Crippen LogP contribution < -0.4 is 5.73 Å². The number of nitro groups is 1. The van der Waals surface area contributed by atoms with E-state index in [1.807, 2.05) is 13.8 Å². The summed E-state index contributed by atoms with van der Waals surface area (Å²) in [5.41, 5.74) is 5.65. The van der Waals surface area contributed by atoms with Crippen LogP contribution in [0.4, 0.5) is 5.69 Å². The van der Waals surface area contributed by atoms with Crippen LogP contribution in [0.5, 0.6) is 0 Å². The van der Waals surface area contributed by atoms with Crippen LogP contribution in [0.15, 0.2) is 29.2 Å². The number of hydrogen-bond donors (Lipinski definition) is 1. The van der Waals surface area contributed by atoms with Crippen molar-refractivity contribution in [3.05, 3.63) is 34.4 Å². The maximum Gasteiger partial charge on any atom is 0.269 e. The molecule has 0 heterocycles. The standard InChI is InChI=1S/C11H16N2O3S/c1-8(12)7-9(2)17(16)11-5-3-10(4-6-11)13(14)15/h3-6,8-9H,7,12H2,1-2H3. The molecule has 0 aliphatic rings. The summed E-state index contributed by atoms with van der Waals surface area (Å²) in [6.07, 6.45) is 0.656. The molecule has 1 rings (SSSR count). The van der Waals surface area contributed by atoms with Crippen LogP contribution in [0.2, 0.25) is 0 Å². The van der Waals surface area contributed by atoms with Gasteiger partial charge in [0, 0.05) is 28.3 Å². The lowest BCUT2D eigenvalue weighted by Crippen LogP contribution is -2.24. The molecule has 17 heavy (non-hydrogen) atoms. The predicted octanol–water partition coefficient (Wildman–Crippen LogP) is 1.83. The van der Waals surface area contributed by atoms with Gasteiger partial charge >= 0.3 is 0 Å². The number of rotatable bonds is 5. The van der Waals surface area contributed by atoms with E-state index in [1.165, 1.54) is 24.3 Å². The van der Waals surface area contributed by atoms with Gasteiger partial charge in [-0.1, -0.05) is 6.92 Å². The Labute approximate surface area is 103 Å². The van der Waals surface area contributed by atoms with E-state index in [4.69, 9.17) is 5.73 Å². The second-order valence-corrected chi connectivity index (χ2v) is 5.94. The molecular weight excluding hydrogens is 240 g/mol. The minimum Gasteiger partial charge on any atom is -0.328 e. The molecule has 3 unspecified atom stereocenters. The summed E-state index contributed by atoms with van der Waals surface area (Å²) >= 11 is 0. The quantitative estimate of drug-likeness (QED) is 0.643. The first-order valence-electron chi connectivity index (χ1n) is 5.32. The summed E-state index contributed by atoms with van der Waals surface area (Å²) in [6.45, 7) is 3.73. The van der Waals surface area contributed by atoms with Gasteiger partial charge in [0.2, 0.25) is 0 Å². The number of nitro benzene ring substituents is 1. The van der Waals surface area contributed by atoms with E-state index in [9.17, 15) is 14.3 Å². The third-order valence-electron chi connectivity index (χ3n) is 2.35. The number of nitrogens with two attached hydrogens (primary N) is 1. The maximum absolute atomic E-state index is 12.0. The van der Waals surface area contributed by atoms with E-state index in [0.717, 1.165) is 0 Å². The zero-order valence-corrected chi connectivity index (χ0v) is 10.6. The average molecular weight is 256 g/mol. The molecule has 0 aromatic heterocycles. The van der Waals surface area contributed by atoms with Crippen molar-refractivity contribution in [3.63, 3.8) is 0 Å². The molecule has 0 aliphatic heterocycles. The Kier molecular flexibility index (Phi) is 4.77. The van der Waals surface area contributed by atoms with Gasteiger partial charge in [0.1, 0.15) is 0 Å². The summed E-state index contributed by atoms with van der Waals surface area (Å²) in [5.74, 6) is 0. The van der Waals surface area contributed by atoms with Crippen molar-refractivity contribution < 1.29 is 9.13 Å². The summed E-state index contributed by atoms with van der Waals surface area (Å²) in [6, 6.07) is 5.79. The molecule has 1 aromatic carbocycles. The molecule has 0 radical (unpaired) electrons. The number of benzene rings is 1. The third-order valence-corrected chi connectivity index (χ3v) is 4.01. The second kappa shape index (κ2) is 5.88. The molecule has 0 aliphatic carbocycles. The zero-order chi connectivity index (χ0) is 13.0. The van der Waals surface area contributed by atoms with Gasteiger partial charge in [0.05, 0.1) is 15.7 Å². The van der Waals surface area contributed by atoms with E-state index in [1.54, 1.807) is 0 Å². The summed E-state index contributed by atoms with van der Waals surface area (Å²) in [7, 11) is -1.17. The van der Waals surface area contributed by atoms with Gasteiger partial charge in [-0.2, -0.15) is 0 Å². The first-order chi connectivity index (χ1) is 7.91. The van der Waals surface area contributed by atoms with Crippen molar-refractivity contribution in [1.82, 2.24) is 0 Å². The Hall–Kier alpha value is -1.27. The highest BCUT2D eigenvalue weighted by atomic mass is 32.2. The molecule has 94 valence electrons.